The first-order chi connectivity index (χ1) is 5.34. The Balaban J connectivity index is 2.86. The Morgan fingerprint density at radius 1 is 1.64 bits per heavy atom. The van der Waals surface area contributed by atoms with Gasteiger partial charge in [0.05, 0.1) is 6.61 Å². The molecule has 0 aliphatic heterocycles. The Labute approximate surface area is 66.2 Å². The molecular formula is C9H11NO. The first kappa shape index (κ1) is 7.95. The molecule has 1 aromatic rings. The van der Waals surface area contributed by atoms with Crippen LogP contribution in [0.4, 0.5) is 0 Å². The number of aliphatic hydroxyl groups is 1. The van der Waals surface area contributed by atoms with Gasteiger partial charge in [-0.2, -0.15) is 0 Å². The third kappa shape index (κ3) is 2.16. The minimum absolute atomic E-state index is 0.0777. The molecule has 0 aromatic carbocycles. The van der Waals surface area contributed by atoms with Crippen molar-refractivity contribution in [2.45, 2.75) is 6.92 Å². The molecule has 0 aliphatic rings. The van der Waals surface area contributed by atoms with Crippen molar-refractivity contribution < 1.29 is 5.11 Å². The Morgan fingerprint density at radius 2 is 2.45 bits per heavy atom. The van der Waals surface area contributed by atoms with E-state index in [2.05, 4.69) is 4.98 Å². The monoisotopic (exact) mass is 149 g/mol. The first-order valence-corrected chi connectivity index (χ1v) is 3.53. The minimum Gasteiger partial charge on any atom is -0.392 e. The number of aryl methyl sites for hydroxylation is 1. The van der Waals surface area contributed by atoms with E-state index in [0.29, 0.717) is 0 Å². The van der Waals surface area contributed by atoms with E-state index in [1.54, 1.807) is 12.3 Å². The fourth-order valence-corrected chi connectivity index (χ4v) is 0.853. The molecule has 0 radical (unpaired) electrons. The number of nitrogens with zero attached hydrogens (tertiary/aromatic N) is 1. The van der Waals surface area contributed by atoms with Gasteiger partial charge in [-0.15, -0.1) is 0 Å². The lowest BCUT2D eigenvalue weighted by molar-refractivity contribution is 0.343. The van der Waals surface area contributed by atoms with Crippen molar-refractivity contribution >= 4 is 6.08 Å². The summed E-state index contributed by atoms with van der Waals surface area (Å²) in [6.07, 6.45) is 5.32. The summed E-state index contributed by atoms with van der Waals surface area (Å²) in [5.74, 6) is 0. The van der Waals surface area contributed by atoms with Gasteiger partial charge in [-0.05, 0) is 18.6 Å². The SMILES string of the molecule is Cc1ncccc1C=CCO. The predicted molar refractivity (Wildman–Crippen MR) is 45.1 cm³/mol. The summed E-state index contributed by atoms with van der Waals surface area (Å²) < 4.78 is 0. The van der Waals surface area contributed by atoms with Gasteiger partial charge in [0.15, 0.2) is 0 Å². The smallest absolute Gasteiger partial charge is 0.0615 e. The zero-order valence-corrected chi connectivity index (χ0v) is 6.49. The molecule has 0 fully saturated rings. The molecule has 0 saturated carbocycles. The van der Waals surface area contributed by atoms with Crippen LogP contribution < -0.4 is 0 Å². The molecule has 0 bridgehead atoms. The van der Waals surface area contributed by atoms with Crippen LogP contribution in [0.5, 0.6) is 0 Å². The van der Waals surface area contributed by atoms with E-state index in [-0.39, 0.29) is 6.61 Å². The molecule has 58 valence electrons. The summed E-state index contributed by atoms with van der Waals surface area (Å²) >= 11 is 0. The van der Waals surface area contributed by atoms with Crippen LogP contribution in [0.15, 0.2) is 24.4 Å². The summed E-state index contributed by atoms with van der Waals surface area (Å²) in [5.41, 5.74) is 2.04. The number of pyridine rings is 1. The third-order valence-electron chi connectivity index (χ3n) is 1.45. The van der Waals surface area contributed by atoms with Gasteiger partial charge < -0.3 is 5.11 Å². The highest BCUT2D eigenvalue weighted by atomic mass is 16.2. The highest BCUT2D eigenvalue weighted by Gasteiger charge is 1.90. The van der Waals surface area contributed by atoms with Crippen LogP contribution in [-0.4, -0.2) is 16.7 Å². The Hall–Kier alpha value is -1.15. The molecule has 1 N–H and O–H groups in total. The van der Waals surface area contributed by atoms with Gasteiger partial charge in [-0.3, -0.25) is 4.98 Å². The number of rotatable bonds is 2. The molecule has 1 rings (SSSR count). The van der Waals surface area contributed by atoms with E-state index in [0.717, 1.165) is 11.3 Å². The largest absolute Gasteiger partial charge is 0.392 e. The van der Waals surface area contributed by atoms with Crippen LogP contribution in [0.2, 0.25) is 0 Å². The van der Waals surface area contributed by atoms with Crippen molar-refractivity contribution in [1.82, 2.24) is 4.98 Å². The number of hydrogen-bond donors (Lipinski definition) is 1. The van der Waals surface area contributed by atoms with Gasteiger partial charge in [-0.1, -0.05) is 18.2 Å². The van der Waals surface area contributed by atoms with Crippen LogP contribution in [0, 0.1) is 6.92 Å². The molecule has 0 unspecified atom stereocenters. The van der Waals surface area contributed by atoms with Gasteiger partial charge in [0.2, 0.25) is 0 Å². The van der Waals surface area contributed by atoms with Crippen molar-refractivity contribution in [3.05, 3.63) is 35.7 Å². The maximum Gasteiger partial charge on any atom is 0.0615 e. The zero-order valence-electron chi connectivity index (χ0n) is 6.49. The zero-order chi connectivity index (χ0) is 8.10. The molecule has 2 nitrogen and oxygen atoms in total. The van der Waals surface area contributed by atoms with Crippen LogP contribution in [0.25, 0.3) is 6.08 Å². The normalized spacial score (nSPS) is 10.7. The topological polar surface area (TPSA) is 33.1 Å². The Kier molecular flexibility index (Phi) is 2.81. The third-order valence-corrected chi connectivity index (χ3v) is 1.45. The van der Waals surface area contributed by atoms with Crippen LogP contribution in [0.3, 0.4) is 0 Å². The predicted octanol–water partition coefficient (Wildman–Crippen LogP) is 1.40. The van der Waals surface area contributed by atoms with E-state index in [1.807, 2.05) is 25.1 Å². The lowest BCUT2D eigenvalue weighted by atomic mass is 10.2. The second-order valence-corrected chi connectivity index (χ2v) is 2.26. The quantitative estimate of drug-likeness (QED) is 0.689. The van der Waals surface area contributed by atoms with E-state index in [9.17, 15) is 0 Å². The second-order valence-electron chi connectivity index (χ2n) is 2.26. The highest BCUT2D eigenvalue weighted by molar-refractivity contribution is 5.50. The standard InChI is InChI=1S/C9H11NO/c1-8-9(5-3-7-11)4-2-6-10-8/h2-6,11H,7H2,1H3. The second kappa shape index (κ2) is 3.88. The maximum absolute atomic E-state index is 8.51. The van der Waals surface area contributed by atoms with E-state index >= 15 is 0 Å². The molecule has 0 atom stereocenters. The molecule has 0 amide bonds. The average molecular weight is 149 g/mol. The van der Waals surface area contributed by atoms with Crippen molar-refractivity contribution in [2.24, 2.45) is 0 Å². The van der Waals surface area contributed by atoms with Gasteiger partial charge >= 0.3 is 0 Å². The fourth-order valence-electron chi connectivity index (χ4n) is 0.853. The van der Waals surface area contributed by atoms with Gasteiger partial charge in [0.25, 0.3) is 0 Å². The highest BCUT2D eigenvalue weighted by Crippen LogP contribution is 2.04. The molecule has 1 heterocycles. The van der Waals surface area contributed by atoms with Crippen molar-refractivity contribution in [3.8, 4) is 0 Å². The average Bonchev–Trinajstić information content (AvgIpc) is 2.03. The Bertz CT molecular complexity index is 255. The van der Waals surface area contributed by atoms with Gasteiger partial charge in [-0.25, -0.2) is 0 Å². The molecule has 11 heavy (non-hydrogen) atoms. The molecule has 0 saturated heterocycles. The van der Waals surface area contributed by atoms with Gasteiger partial charge in [0, 0.05) is 11.9 Å². The summed E-state index contributed by atoms with van der Waals surface area (Å²) in [5, 5.41) is 8.51. The lowest BCUT2D eigenvalue weighted by Crippen LogP contribution is -1.84. The molecule has 0 aliphatic carbocycles. The van der Waals surface area contributed by atoms with Crippen molar-refractivity contribution in [1.29, 1.82) is 0 Å². The lowest BCUT2D eigenvalue weighted by Gasteiger charge is -1.95. The molecule has 1 aromatic heterocycles. The number of hydrogen-bond acceptors (Lipinski definition) is 2. The number of aromatic nitrogens is 1. The Morgan fingerprint density at radius 3 is 3.09 bits per heavy atom. The van der Waals surface area contributed by atoms with Crippen molar-refractivity contribution in [3.63, 3.8) is 0 Å². The van der Waals surface area contributed by atoms with Crippen LogP contribution in [0.1, 0.15) is 11.3 Å². The minimum atomic E-state index is 0.0777. The molecular weight excluding hydrogens is 138 g/mol. The summed E-state index contributed by atoms with van der Waals surface area (Å²) in [7, 11) is 0. The first-order valence-electron chi connectivity index (χ1n) is 3.53. The van der Waals surface area contributed by atoms with E-state index < -0.39 is 0 Å². The molecule has 0 spiro atoms. The van der Waals surface area contributed by atoms with E-state index in [1.165, 1.54) is 0 Å². The van der Waals surface area contributed by atoms with Crippen molar-refractivity contribution in [2.75, 3.05) is 6.61 Å². The van der Waals surface area contributed by atoms with Gasteiger partial charge in [0.1, 0.15) is 0 Å². The fraction of sp³-hybridized carbons (Fsp3) is 0.222. The van der Waals surface area contributed by atoms with Crippen LogP contribution in [-0.2, 0) is 0 Å². The molecule has 2 heteroatoms. The van der Waals surface area contributed by atoms with E-state index in [4.69, 9.17) is 5.11 Å². The summed E-state index contributed by atoms with van der Waals surface area (Å²) in [6.45, 7) is 2.02. The maximum atomic E-state index is 8.51. The summed E-state index contributed by atoms with van der Waals surface area (Å²) in [6, 6.07) is 3.85. The van der Waals surface area contributed by atoms with Crippen LogP contribution >= 0.6 is 0 Å². The number of aliphatic hydroxyl groups excluding tert-OH is 1. The summed E-state index contributed by atoms with van der Waals surface area (Å²) in [4.78, 5) is 4.10.